The third-order valence-electron chi connectivity index (χ3n) is 1.59. The van der Waals surface area contributed by atoms with Crippen molar-refractivity contribution < 1.29 is 5.11 Å². The van der Waals surface area contributed by atoms with E-state index in [9.17, 15) is 5.11 Å². The topological polar surface area (TPSA) is 46.0 Å². The van der Waals surface area contributed by atoms with Gasteiger partial charge in [-0.05, 0) is 32.8 Å². The lowest BCUT2D eigenvalue weighted by atomic mass is 10.1. The molecule has 2 rings (SSSR count). The van der Waals surface area contributed by atoms with Crippen LogP contribution in [-0.2, 0) is 0 Å². The standard InChI is InChI=1S/C7H5BrN2OS2/c8-5-2-12-1-4(5)7(11)6-3-13-10-9-6/h1-3,7,11H. The molecule has 0 spiro atoms. The third-order valence-corrected chi connectivity index (χ3v) is 3.87. The van der Waals surface area contributed by atoms with Crippen LogP contribution in [-0.4, -0.2) is 14.7 Å². The summed E-state index contributed by atoms with van der Waals surface area (Å²) in [6, 6.07) is 0. The predicted octanol–water partition coefficient (Wildman–Crippen LogP) is 2.44. The van der Waals surface area contributed by atoms with Crippen LogP contribution in [0, 0.1) is 0 Å². The van der Waals surface area contributed by atoms with Gasteiger partial charge < -0.3 is 5.11 Å². The van der Waals surface area contributed by atoms with Gasteiger partial charge in [0.2, 0.25) is 0 Å². The summed E-state index contributed by atoms with van der Waals surface area (Å²) in [6.07, 6.45) is -0.667. The number of hydrogen-bond donors (Lipinski definition) is 1. The van der Waals surface area contributed by atoms with Crippen LogP contribution in [0.4, 0.5) is 0 Å². The Bertz CT molecular complexity index is 387. The van der Waals surface area contributed by atoms with Gasteiger partial charge in [0.25, 0.3) is 0 Å². The van der Waals surface area contributed by atoms with E-state index in [0.717, 1.165) is 10.0 Å². The molecule has 1 N–H and O–H groups in total. The molecule has 1 atom stereocenters. The first-order valence-electron chi connectivity index (χ1n) is 3.45. The molecule has 1 unspecified atom stereocenters. The third kappa shape index (κ3) is 1.80. The lowest BCUT2D eigenvalue weighted by molar-refractivity contribution is 0.215. The summed E-state index contributed by atoms with van der Waals surface area (Å²) in [4.78, 5) is 0. The van der Waals surface area contributed by atoms with Crippen LogP contribution >= 0.6 is 38.8 Å². The summed E-state index contributed by atoms with van der Waals surface area (Å²) in [6.45, 7) is 0. The summed E-state index contributed by atoms with van der Waals surface area (Å²) < 4.78 is 4.62. The van der Waals surface area contributed by atoms with E-state index < -0.39 is 6.10 Å². The average Bonchev–Trinajstić information content (AvgIpc) is 2.72. The minimum Gasteiger partial charge on any atom is -0.382 e. The largest absolute Gasteiger partial charge is 0.382 e. The Kier molecular flexibility index (Phi) is 2.73. The zero-order valence-electron chi connectivity index (χ0n) is 6.35. The molecule has 68 valence electrons. The van der Waals surface area contributed by atoms with Crippen molar-refractivity contribution in [3.05, 3.63) is 31.9 Å². The maximum atomic E-state index is 9.83. The van der Waals surface area contributed by atoms with E-state index in [0.29, 0.717) is 5.69 Å². The van der Waals surface area contributed by atoms with Gasteiger partial charge in [0.1, 0.15) is 11.8 Å². The molecule has 0 amide bonds. The predicted molar refractivity (Wildman–Crippen MR) is 56.0 cm³/mol. The Morgan fingerprint density at radius 3 is 2.77 bits per heavy atom. The molecule has 6 heteroatoms. The molecule has 2 aromatic rings. The lowest BCUT2D eigenvalue weighted by Crippen LogP contribution is -1.98. The maximum absolute atomic E-state index is 9.83. The van der Waals surface area contributed by atoms with Crippen LogP contribution in [0.3, 0.4) is 0 Å². The fourth-order valence-corrected chi connectivity index (χ4v) is 2.94. The second kappa shape index (κ2) is 3.83. The molecule has 2 heterocycles. The normalized spacial score (nSPS) is 13.1. The Morgan fingerprint density at radius 2 is 2.23 bits per heavy atom. The van der Waals surface area contributed by atoms with Gasteiger partial charge in [-0.25, -0.2) is 0 Å². The highest BCUT2D eigenvalue weighted by atomic mass is 79.9. The average molecular weight is 277 g/mol. The van der Waals surface area contributed by atoms with Crippen LogP contribution in [0.25, 0.3) is 0 Å². The summed E-state index contributed by atoms with van der Waals surface area (Å²) in [7, 11) is 0. The highest BCUT2D eigenvalue weighted by molar-refractivity contribution is 9.10. The van der Waals surface area contributed by atoms with Crippen molar-refractivity contribution >= 4 is 38.8 Å². The molecule has 0 saturated carbocycles. The van der Waals surface area contributed by atoms with Crippen molar-refractivity contribution in [3.63, 3.8) is 0 Å². The quantitative estimate of drug-likeness (QED) is 0.917. The van der Waals surface area contributed by atoms with Gasteiger partial charge in [0.05, 0.1) is 0 Å². The van der Waals surface area contributed by atoms with Crippen molar-refractivity contribution in [2.24, 2.45) is 0 Å². The SMILES string of the molecule is OC(c1csnn1)c1cscc1Br. The van der Waals surface area contributed by atoms with Crippen molar-refractivity contribution in [2.45, 2.75) is 6.10 Å². The first kappa shape index (κ1) is 9.26. The summed E-state index contributed by atoms with van der Waals surface area (Å²) >= 11 is 6.14. The monoisotopic (exact) mass is 276 g/mol. The Hall–Kier alpha value is -0.300. The fraction of sp³-hybridized carbons (Fsp3) is 0.143. The Morgan fingerprint density at radius 1 is 1.38 bits per heavy atom. The van der Waals surface area contributed by atoms with Crippen molar-refractivity contribution in [3.8, 4) is 0 Å². The first-order valence-corrected chi connectivity index (χ1v) is 6.03. The van der Waals surface area contributed by atoms with Crippen LogP contribution in [0.15, 0.2) is 20.6 Å². The molecule has 0 aliphatic rings. The molecule has 3 nitrogen and oxygen atoms in total. The summed E-state index contributed by atoms with van der Waals surface area (Å²) in [5, 5.41) is 19.2. The Labute approximate surface area is 91.3 Å². The Balaban J connectivity index is 2.33. The van der Waals surface area contributed by atoms with Gasteiger partial charge in [0, 0.05) is 20.8 Å². The number of hydrogen-bond acceptors (Lipinski definition) is 5. The maximum Gasteiger partial charge on any atom is 0.126 e. The van der Waals surface area contributed by atoms with Crippen LogP contribution in [0.5, 0.6) is 0 Å². The molecular weight excluding hydrogens is 272 g/mol. The molecule has 0 saturated heterocycles. The zero-order valence-corrected chi connectivity index (χ0v) is 9.56. The van der Waals surface area contributed by atoms with Crippen LogP contribution in [0.2, 0.25) is 0 Å². The molecule has 2 aromatic heterocycles. The molecule has 0 aromatic carbocycles. The van der Waals surface area contributed by atoms with Gasteiger partial charge in [0.15, 0.2) is 0 Å². The number of thiophene rings is 1. The van der Waals surface area contributed by atoms with E-state index in [4.69, 9.17) is 0 Å². The minimum atomic E-state index is -0.667. The highest BCUT2D eigenvalue weighted by Crippen LogP contribution is 2.30. The number of halogens is 1. The minimum absolute atomic E-state index is 0.601. The molecule has 0 aliphatic carbocycles. The first-order chi connectivity index (χ1) is 6.29. The lowest BCUT2D eigenvalue weighted by Gasteiger charge is -2.04. The van der Waals surface area contributed by atoms with Gasteiger partial charge in [-0.3, -0.25) is 0 Å². The molecular formula is C7H5BrN2OS2. The smallest absolute Gasteiger partial charge is 0.126 e. The number of aliphatic hydroxyl groups excluding tert-OH is 1. The molecule has 0 bridgehead atoms. The van der Waals surface area contributed by atoms with E-state index in [2.05, 4.69) is 25.5 Å². The number of aliphatic hydroxyl groups is 1. The van der Waals surface area contributed by atoms with E-state index >= 15 is 0 Å². The molecule has 0 aliphatic heterocycles. The van der Waals surface area contributed by atoms with E-state index in [1.54, 1.807) is 16.7 Å². The second-order valence-corrected chi connectivity index (χ2v) is 4.62. The molecule has 13 heavy (non-hydrogen) atoms. The molecule has 0 fully saturated rings. The van der Waals surface area contributed by atoms with Gasteiger partial charge >= 0.3 is 0 Å². The van der Waals surface area contributed by atoms with Crippen molar-refractivity contribution in [1.29, 1.82) is 0 Å². The van der Waals surface area contributed by atoms with E-state index in [1.807, 2.05) is 10.8 Å². The van der Waals surface area contributed by atoms with Gasteiger partial charge in [-0.1, -0.05) is 4.49 Å². The van der Waals surface area contributed by atoms with Crippen molar-refractivity contribution in [1.82, 2.24) is 9.59 Å². The second-order valence-electron chi connectivity index (χ2n) is 2.41. The fourth-order valence-electron chi connectivity index (χ4n) is 0.937. The van der Waals surface area contributed by atoms with E-state index in [1.165, 1.54) is 11.5 Å². The number of rotatable bonds is 2. The van der Waals surface area contributed by atoms with Crippen LogP contribution < -0.4 is 0 Å². The van der Waals surface area contributed by atoms with Gasteiger partial charge in [-0.2, -0.15) is 11.3 Å². The number of nitrogens with zero attached hydrogens (tertiary/aromatic N) is 2. The van der Waals surface area contributed by atoms with Crippen molar-refractivity contribution in [2.75, 3.05) is 0 Å². The zero-order chi connectivity index (χ0) is 9.26. The van der Waals surface area contributed by atoms with Gasteiger partial charge in [-0.15, -0.1) is 5.10 Å². The number of aromatic nitrogens is 2. The summed E-state index contributed by atoms with van der Waals surface area (Å²) in [5.74, 6) is 0. The molecule has 0 radical (unpaired) electrons. The highest BCUT2D eigenvalue weighted by Gasteiger charge is 2.16. The van der Waals surface area contributed by atoms with Crippen LogP contribution in [0.1, 0.15) is 17.4 Å². The summed E-state index contributed by atoms with van der Waals surface area (Å²) in [5.41, 5.74) is 1.45. The van der Waals surface area contributed by atoms with E-state index in [-0.39, 0.29) is 0 Å².